The second kappa shape index (κ2) is 8.85. The molecule has 2 heterocycles. The molecule has 6 nitrogen and oxygen atoms in total. The lowest BCUT2D eigenvalue weighted by Gasteiger charge is -2.19. The molecule has 4 aromatic rings. The first-order valence-corrected chi connectivity index (χ1v) is 10.9. The zero-order chi connectivity index (χ0) is 21.1. The molecule has 7 heteroatoms. The van der Waals surface area contributed by atoms with Crippen LogP contribution in [0.15, 0.2) is 52.9 Å². The fourth-order valence-electron chi connectivity index (χ4n) is 3.31. The summed E-state index contributed by atoms with van der Waals surface area (Å²) in [4.78, 5) is 22.0. The minimum Gasteiger partial charge on any atom is -0.494 e. The van der Waals surface area contributed by atoms with Crippen LogP contribution < -0.4 is 9.64 Å². The van der Waals surface area contributed by atoms with Gasteiger partial charge in [0.1, 0.15) is 11.3 Å². The van der Waals surface area contributed by atoms with Gasteiger partial charge in [-0.1, -0.05) is 29.5 Å². The monoisotopic (exact) mass is 423 g/mol. The van der Waals surface area contributed by atoms with E-state index in [1.165, 1.54) is 11.3 Å². The van der Waals surface area contributed by atoms with Gasteiger partial charge in [-0.05, 0) is 64.3 Å². The number of carbonyl (C=O) groups is 1. The second-order valence-electron chi connectivity index (χ2n) is 7.32. The predicted molar refractivity (Wildman–Crippen MR) is 122 cm³/mol. The van der Waals surface area contributed by atoms with Crippen LogP contribution in [0.4, 0.5) is 5.13 Å². The van der Waals surface area contributed by atoms with E-state index in [-0.39, 0.29) is 5.91 Å². The average molecular weight is 424 g/mol. The van der Waals surface area contributed by atoms with Crippen LogP contribution >= 0.6 is 11.3 Å². The standard InChI is InChI=1S/C23H25N3O3S/c1-4-28-17-10-11-18-21(15-17)30-23(24-18)26(13-7-12-25(2)3)22(27)20-14-16-8-5-6-9-19(16)29-20/h5-6,8-11,14-15H,4,7,12-13H2,1-3H3. The number of nitrogens with zero attached hydrogens (tertiary/aromatic N) is 3. The van der Waals surface area contributed by atoms with E-state index in [0.29, 0.717) is 29.6 Å². The van der Waals surface area contributed by atoms with Gasteiger partial charge in [0, 0.05) is 11.9 Å². The number of thiazole rings is 1. The lowest BCUT2D eigenvalue weighted by Crippen LogP contribution is -2.33. The molecule has 156 valence electrons. The van der Waals surface area contributed by atoms with Crippen LogP contribution in [-0.2, 0) is 0 Å². The molecule has 0 saturated carbocycles. The number of para-hydroxylation sites is 1. The molecule has 1 amide bonds. The fraction of sp³-hybridized carbons (Fsp3) is 0.304. The number of aromatic nitrogens is 1. The summed E-state index contributed by atoms with van der Waals surface area (Å²) in [5.74, 6) is 0.965. The Bertz CT molecular complexity index is 1130. The molecular weight excluding hydrogens is 398 g/mol. The Kier molecular flexibility index (Phi) is 6.01. The van der Waals surface area contributed by atoms with Gasteiger partial charge < -0.3 is 14.1 Å². The van der Waals surface area contributed by atoms with Crippen LogP contribution in [0, 0.1) is 0 Å². The van der Waals surface area contributed by atoms with Crippen molar-refractivity contribution in [2.75, 3.05) is 38.7 Å². The smallest absolute Gasteiger partial charge is 0.295 e. The Hall–Kier alpha value is -2.90. The van der Waals surface area contributed by atoms with Gasteiger partial charge in [0.05, 0.1) is 16.8 Å². The van der Waals surface area contributed by atoms with Crippen molar-refractivity contribution in [2.45, 2.75) is 13.3 Å². The van der Waals surface area contributed by atoms with Crippen molar-refractivity contribution in [3.05, 3.63) is 54.3 Å². The number of hydrogen-bond acceptors (Lipinski definition) is 6. The van der Waals surface area contributed by atoms with Crippen LogP contribution in [0.25, 0.3) is 21.2 Å². The Balaban J connectivity index is 1.68. The Morgan fingerprint density at radius 1 is 1.13 bits per heavy atom. The predicted octanol–water partition coefficient (Wildman–Crippen LogP) is 5.04. The van der Waals surface area contributed by atoms with E-state index in [4.69, 9.17) is 14.1 Å². The molecule has 2 aromatic carbocycles. The molecule has 30 heavy (non-hydrogen) atoms. The summed E-state index contributed by atoms with van der Waals surface area (Å²) >= 11 is 1.49. The lowest BCUT2D eigenvalue weighted by molar-refractivity contribution is 0.0961. The van der Waals surface area contributed by atoms with Gasteiger partial charge in [-0.3, -0.25) is 9.69 Å². The molecule has 0 spiro atoms. The summed E-state index contributed by atoms with van der Waals surface area (Å²) in [5, 5.41) is 1.59. The largest absolute Gasteiger partial charge is 0.494 e. The number of benzene rings is 2. The van der Waals surface area contributed by atoms with E-state index in [1.54, 1.807) is 11.0 Å². The number of amides is 1. The number of fused-ring (bicyclic) bond motifs is 2. The number of ether oxygens (including phenoxy) is 1. The van der Waals surface area contributed by atoms with E-state index in [9.17, 15) is 4.79 Å². The number of hydrogen-bond donors (Lipinski definition) is 0. The maximum Gasteiger partial charge on any atom is 0.295 e. The third-order valence-corrected chi connectivity index (χ3v) is 5.80. The maximum absolute atomic E-state index is 13.4. The van der Waals surface area contributed by atoms with Gasteiger partial charge in [-0.25, -0.2) is 4.98 Å². The van der Waals surface area contributed by atoms with Gasteiger partial charge in [-0.2, -0.15) is 0 Å². The Morgan fingerprint density at radius 2 is 1.97 bits per heavy atom. The van der Waals surface area contributed by atoms with Crippen molar-refractivity contribution < 1.29 is 13.9 Å². The van der Waals surface area contributed by atoms with E-state index >= 15 is 0 Å². The minimum absolute atomic E-state index is 0.172. The van der Waals surface area contributed by atoms with Crippen molar-refractivity contribution in [3.8, 4) is 5.75 Å². The van der Waals surface area contributed by atoms with Crippen LogP contribution in [0.3, 0.4) is 0 Å². The van der Waals surface area contributed by atoms with E-state index in [0.717, 1.165) is 34.3 Å². The molecule has 0 N–H and O–H groups in total. The second-order valence-corrected chi connectivity index (χ2v) is 8.33. The van der Waals surface area contributed by atoms with Gasteiger partial charge >= 0.3 is 0 Å². The molecule has 0 atom stereocenters. The topological polar surface area (TPSA) is 58.8 Å². The molecule has 2 aromatic heterocycles. The number of rotatable bonds is 8. The van der Waals surface area contributed by atoms with Crippen LogP contribution in [0.1, 0.15) is 23.9 Å². The van der Waals surface area contributed by atoms with Gasteiger partial charge in [0.2, 0.25) is 0 Å². The quantitative estimate of drug-likeness (QED) is 0.397. The minimum atomic E-state index is -0.172. The molecule has 0 aliphatic carbocycles. The highest BCUT2D eigenvalue weighted by molar-refractivity contribution is 7.22. The molecule has 0 aliphatic heterocycles. The van der Waals surface area contributed by atoms with Gasteiger partial charge in [0.15, 0.2) is 10.9 Å². The first-order chi connectivity index (χ1) is 14.5. The number of anilines is 1. The van der Waals surface area contributed by atoms with Crippen LogP contribution in [-0.4, -0.2) is 49.6 Å². The summed E-state index contributed by atoms with van der Waals surface area (Å²) in [6.07, 6.45) is 0.832. The Labute approximate surface area is 179 Å². The highest BCUT2D eigenvalue weighted by atomic mass is 32.1. The zero-order valence-corrected chi connectivity index (χ0v) is 18.2. The van der Waals surface area contributed by atoms with Crippen LogP contribution in [0.5, 0.6) is 5.75 Å². The van der Waals surface area contributed by atoms with Crippen molar-refractivity contribution in [1.29, 1.82) is 0 Å². The third-order valence-electron chi connectivity index (χ3n) is 4.76. The summed E-state index contributed by atoms with van der Waals surface area (Å²) < 4.78 is 12.4. The van der Waals surface area contributed by atoms with Crippen molar-refractivity contribution >= 4 is 43.6 Å². The fourth-order valence-corrected chi connectivity index (χ4v) is 4.33. The molecule has 0 bridgehead atoms. The molecule has 0 radical (unpaired) electrons. The van der Waals surface area contributed by atoms with Gasteiger partial charge in [-0.15, -0.1) is 0 Å². The molecule has 0 saturated heterocycles. The molecule has 0 aliphatic rings. The zero-order valence-electron chi connectivity index (χ0n) is 17.4. The third kappa shape index (κ3) is 4.32. The van der Waals surface area contributed by atoms with Crippen molar-refractivity contribution in [3.63, 3.8) is 0 Å². The maximum atomic E-state index is 13.4. The average Bonchev–Trinajstić information content (AvgIpc) is 3.34. The highest BCUT2D eigenvalue weighted by Crippen LogP contribution is 2.33. The summed E-state index contributed by atoms with van der Waals surface area (Å²) in [6, 6.07) is 15.3. The molecule has 4 rings (SSSR count). The van der Waals surface area contributed by atoms with E-state index < -0.39 is 0 Å². The van der Waals surface area contributed by atoms with Crippen molar-refractivity contribution in [2.24, 2.45) is 0 Å². The number of carbonyl (C=O) groups excluding carboxylic acids is 1. The highest BCUT2D eigenvalue weighted by Gasteiger charge is 2.24. The molecular formula is C23H25N3O3S. The van der Waals surface area contributed by atoms with Crippen molar-refractivity contribution in [1.82, 2.24) is 9.88 Å². The molecule has 0 fully saturated rings. The lowest BCUT2D eigenvalue weighted by atomic mass is 10.2. The summed E-state index contributed by atoms with van der Waals surface area (Å²) in [5.41, 5.74) is 1.56. The molecule has 0 unspecified atom stereocenters. The number of furan rings is 1. The summed E-state index contributed by atoms with van der Waals surface area (Å²) in [6.45, 7) is 4.01. The van der Waals surface area contributed by atoms with Crippen LogP contribution in [0.2, 0.25) is 0 Å². The Morgan fingerprint density at radius 3 is 2.73 bits per heavy atom. The summed E-state index contributed by atoms with van der Waals surface area (Å²) in [7, 11) is 4.05. The normalized spacial score (nSPS) is 11.5. The van der Waals surface area contributed by atoms with Gasteiger partial charge in [0.25, 0.3) is 5.91 Å². The van der Waals surface area contributed by atoms with E-state index in [2.05, 4.69) is 4.90 Å². The first kappa shape index (κ1) is 20.4. The SMILES string of the molecule is CCOc1ccc2nc(N(CCCN(C)C)C(=O)c3cc4ccccc4o3)sc2c1. The van der Waals surface area contributed by atoms with E-state index in [1.807, 2.05) is 63.5 Å². The first-order valence-electron chi connectivity index (χ1n) is 10.0.